The van der Waals surface area contributed by atoms with Gasteiger partial charge < -0.3 is 8.92 Å². The van der Waals surface area contributed by atoms with E-state index in [-0.39, 0.29) is 6.61 Å². The van der Waals surface area contributed by atoms with E-state index in [1.54, 1.807) is 0 Å². The molecule has 0 spiro atoms. The van der Waals surface area contributed by atoms with Gasteiger partial charge in [-0.15, -0.1) is 0 Å². The SMILES string of the molecule is C[C@@]1(F)[C@H](OS(C)(=O)=O)[C@@H](COS)O[C@H]1n1ccc(=O)[nH]c1=O. The summed E-state index contributed by atoms with van der Waals surface area (Å²) in [6.07, 6.45) is -2.41. The molecule has 23 heavy (non-hydrogen) atoms. The number of hydrogen-bond donors (Lipinski definition) is 2. The molecule has 0 saturated carbocycles. The molecular weight excluding hydrogens is 355 g/mol. The molecule has 1 aromatic rings. The van der Waals surface area contributed by atoms with Gasteiger partial charge in [0.05, 0.1) is 12.9 Å². The lowest BCUT2D eigenvalue weighted by molar-refractivity contribution is -0.0570. The molecule has 2 heterocycles. The van der Waals surface area contributed by atoms with E-state index in [9.17, 15) is 18.0 Å². The van der Waals surface area contributed by atoms with Crippen LogP contribution in [0, 0.1) is 0 Å². The van der Waals surface area contributed by atoms with Gasteiger partial charge in [-0.1, -0.05) is 0 Å². The maximum Gasteiger partial charge on any atom is 0.330 e. The maximum absolute atomic E-state index is 15.2. The first-order valence-corrected chi connectivity index (χ1v) is 8.55. The van der Waals surface area contributed by atoms with E-state index in [2.05, 4.69) is 17.1 Å². The summed E-state index contributed by atoms with van der Waals surface area (Å²) in [7, 11) is -4.00. The van der Waals surface area contributed by atoms with Crippen LogP contribution in [0.15, 0.2) is 21.9 Å². The second-order valence-electron chi connectivity index (χ2n) is 5.21. The highest BCUT2D eigenvalue weighted by atomic mass is 32.2. The van der Waals surface area contributed by atoms with Crippen LogP contribution in [0.3, 0.4) is 0 Å². The van der Waals surface area contributed by atoms with Crippen molar-refractivity contribution in [2.24, 2.45) is 0 Å². The smallest absolute Gasteiger partial charge is 0.330 e. The molecule has 4 atom stereocenters. The third-order valence-corrected chi connectivity index (χ3v) is 4.01. The molecule has 1 N–H and O–H groups in total. The standard InChI is InChI=1S/C11H15FN2O7S2/c1-11(12)8(21-23(2,17)18)6(5-19-22)20-9(11)14-4-3-7(15)13-10(14)16/h3-4,6,8-9,22H,5H2,1-2H3,(H,13,15,16)/t6-,8-,9-,11-/m1/s1. The number of aromatic amines is 1. The summed E-state index contributed by atoms with van der Waals surface area (Å²) < 4.78 is 53.4. The monoisotopic (exact) mass is 370 g/mol. The van der Waals surface area contributed by atoms with Crippen LogP contribution in [0.4, 0.5) is 4.39 Å². The maximum atomic E-state index is 15.2. The molecule has 130 valence electrons. The van der Waals surface area contributed by atoms with Crippen molar-refractivity contribution in [1.82, 2.24) is 9.55 Å². The van der Waals surface area contributed by atoms with Gasteiger partial charge in [-0.25, -0.2) is 9.18 Å². The number of alkyl halides is 1. The topological polar surface area (TPSA) is 117 Å². The van der Waals surface area contributed by atoms with Crippen LogP contribution in [-0.2, 0) is 23.2 Å². The third kappa shape index (κ3) is 3.83. The minimum atomic E-state index is -4.00. The largest absolute Gasteiger partial charge is 0.346 e. The van der Waals surface area contributed by atoms with Gasteiger partial charge in [-0.05, 0) is 19.8 Å². The summed E-state index contributed by atoms with van der Waals surface area (Å²) in [6.45, 7) is 0.751. The van der Waals surface area contributed by atoms with Gasteiger partial charge in [0.2, 0.25) is 0 Å². The van der Waals surface area contributed by atoms with Crippen LogP contribution in [0.25, 0.3) is 0 Å². The number of thiol groups is 1. The van der Waals surface area contributed by atoms with Crippen LogP contribution in [-0.4, -0.2) is 48.7 Å². The minimum Gasteiger partial charge on any atom is -0.346 e. The number of ether oxygens (including phenoxy) is 1. The molecule has 2 rings (SSSR count). The van der Waals surface area contributed by atoms with E-state index >= 15 is 4.39 Å². The van der Waals surface area contributed by atoms with E-state index in [4.69, 9.17) is 8.92 Å². The Morgan fingerprint density at radius 3 is 2.70 bits per heavy atom. The van der Waals surface area contributed by atoms with Crippen molar-refractivity contribution in [3.63, 3.8) is 0 Å². The van der Waals surface area contributed by atoms with Crippen LogP contribution >= 0.6 is 12.9 Å². The third-order valence-electron chi connectivity index (χ3n) is 3.30. The Morgan fingerprint density at radius 1 is 1.52 bits per heavy atom. The number of hydrogen-bond acceptors (Lipinski definition) is 8. The molecule has 1 saturated heterocycles. The van der Waals surface area contributed by atoms with E-state index < -0.39 is 45.5 Å². The van der Waals surface area contributed by atoms with E-state index in [1.807, 2.05) is 4.98 Å². The van der Waals surface area contributed by atoms with Gasteiger partial charge in [0.25, 0.3) is 15.7 Å². The van der Waals surface area contributed by atoms with Crippen LogP contribution in [0.1, 0.15) is 13.2 Å². The number of H-pyrrole nitrogens is 1. The van der Waals surface area contributed by atoms with Gasteiger partial charge in [0.1, 0.15) is 12.2 Å². The molecule has 0 amide bonds. The summed E-state index contributed by atoms with van der Waals surface area (Å²) in [5.74, 6) is 0. The van der Waals surface area contributed by atoms with Gasteiger partial charge in [0, 0.05) is 12.3 Å². The van der Waals surface area contributed by atoms with Crippen LogP contribution < -0.4 is 11.2 Å². The molecule has 12 heteroatoms. The van der Waals surface area contributed by atoms with Gasteiger partial charge >= 0.3 is 5.69 Å². The summed E-state index contributed by atoms with van der Waals surface area (Å²) in [5, 5.41) is 0. The summed E-state index contributed by atoms with van der Waals surface area (Å²) in [6, 6.07) is 1.01. The second kappa shape index (κ2) is 6.36. The lowest BCUT2D eigenvalue weighted by atomic mass is 9.98. The van der Waals surface area contributed by atoms with Gasteiger partial charge in [-0.2, -0.15) is 8.42 Å². The Hall–Kier alpha value is -1.21. The molecule has 0 aromatic carbocycles. The molecular formula is C11H15FN2O7S2. The quantitative estimate of drug-likeness (QED) is 0.403. The molecule has 0 bridgehead atoms. The molecule has 0 unspecified atom stereocenters. The summed E-state index contributed by atoms with van der Waals surface area (Å²) >= 11 is 3.53. The minimum absolute atomic E-state index is 0.280. The van der Waals surface area contributed by atoms with Gasteiger partial charge in [-0.3, -0.25) is 18.5 Å². The number of nitrogens with one attached hydrogen (secondary N) is 1. The second-order valence-corrected chi connectivity index (χ2v) is 7.07. The van der Waals surface area contributed by atoms with Crippen molar-refractivity contribution < 1.29 is 25.9 Å². The fraction of sp³-hybridized carbons (Fsp3) is 0.636. The van der Waals surface area contributed by atoms with Gasteiger partial charge in [0.15, 0.2) is 11.9 Å². The summed E-state index contributed by atoms with van der Waals surface area (Å²) in [4.78, 5) is 24.9. The van der Waals surface area contributed by atoms with Crippen LogP contribution in [0.2, 0.25) is 0 Å². The molecule has 9 nitrogen and oxygen atoms in total. The zero-order chi connectivity index (χ0) is 17.4. The van der Waals surface area contributed by atoms with Crippen LogP contribution in [0.5, 0.6) is 0 Å². The van der Waals surface area contributed by atoms with Crippen molar-refractivity contribution in [1.29, 1.82) is 0 Å². The Kier molecular flexibility index (Phi) is 5.01. The number of rotatable bonds is 5. The first kappa shape index (κ1) is 18.1. The number of aromatic nitrogens is 2. The highest BCUT2D eigenvalue weighted by molar-refractivity contribution is 7.86. The van der Waals surface area contributed by atoms with Crippen molar-refractivity contribution in [2.45, 2.75) is 31.0 Å². The predicted molar refractivity (Wildman–Crippen MR) is 79.4 cm³/mol. The lowest BCUT2D eigenvalue weighted by Gasteiger charge is -2.26. The Balaban J connectivity index is 2.46. The molecule has 1 aliphatic heterocycles. The molecule has 1 aliphatic rings. The number of halogens is 1. The lowest BCUT2D eigenvalue weighted by Crippen LogP contribution is -2.45. The fourth-order valence-corrected chi connectivity index (χ4v) is 3.20. The molecule has 0 radical (unpaired) electrons. The van der Waals surface area contributed by atoms with Crippen molar-refractivity contribution in [3.05, 3.63) is 33.1 Å². The fourth-order valence-electron chi connectivity index (χ4n) is 2.37. The highest BCUT2D eigenvalue weighted by Gasteiger charge is 2.58. The first-order chi connectivity index (χ1) is 10.6. The van der Waals surface area contributed by atoms with E-state index in [0.29, 0.717) is 0 Å². The first-order valence-electron chi connectivity index (χ1n) is 6.36. The van der Waals surface area contributed by atoms with E-state index in [1.165, 1.54) is 0 Å². The zero-order valence-electron chi connectivity index (χ0n) is 12.1. The predicted octanol–water partition coefficient (Wildman–Crippen LogP) is -0.632. The normalized spacial score (nSPS) is 31.4. The molecule has 1 aromatic heterocycles. The van der Waals surface area contributed by atoms with Crippen molar-refractivity contribution in [3.8, 4) is 0 Å². The Labute approximate surface area is 136 Å². The summed E-state index contributed by atoms with van der Waals surface area (Å²) in [5.41, 5.74) is -3.97. The average molecular weight is 370 g/mol. The Morgan fingerprint density at radius 2 is 2.17 bits per heavy atom. The number of nitrogens with zero attached hydrogens (tertiary/aromatic N) is 1. The highest BCUT2D eigenvalue weighted by Crippen LogP contribution is 2.43. The van der Waals surface area contributed by atoms with Crippen molar-refractivity contribution >= 4 is 23.0 Å². The van der Waals surface area contributed by atoms with Crippen molar-refractivity contribution in [2.75, 3.05) is 12.9 Å². The Bertz CT molecular complexity index is 788. The average Bonchev–Trinajstić information content (AvgIpc) is 2.62. The molecule has 0 aliphatic carbocycles. The molecule has 1 fully saturated rings. The zero-order valence-corrected chi connectivity index (χ0v) is 13.8. The van der Waals surface area contributed by atoms with E-state index in [0.717, 1.165) is 30.0 Å².